The molecule has 0 aliphatic rings. The number of hydrogen-bond donors (Lipinski definition) is 1. The van der Waals surface area contributed by atoms with Crippen LogP contribution in [-0.2, 0) is 13.1 Å². The monoisotopic (exact) mass is 219 g/mol. The highest BCUT2D eigenvalue weighted by Gasteiger charge is 1.98. The predicted molar refractivity (Wildman–Crippen MR) is 61.6 cm³/mol. The summed E-state index contributed by atoms with van der Waals surface area (Å²) in [4.78, 5) is 9.54. The van der Waals surface area contributed by atoms with Crippen molar-refractivity contribution in [2.24, 2.45) is 0 Å². The molecule has 1 N–H and O–H groups in total. The average molecular weight is 219 g/mol. The van der Waals surface area contributed by atoms with Gasteiger partial charge in [-0.2, -0.15) is 0 Å². The fraction of sp³-hybridized carbons (Fsp3) is 0.273. The molecule has 0 amide bonds. The van der Waals surface area contributed by atoms with Crippen molar-refractivity contribution in [2.45, 2.75) is 20.0 Å². The fourth-order valence-corrected chi connectivity index (χ4v) is 1.92. The quantitative estimate of drug-likeness (QED) is 0.856. The van der Waals surface area contributed by atoms with Crippen molar-refractivity contribution in [3.8, 4) is 0 Å². The van der Waals surface area contributed by atoms with Gasteiger partial charge in [0.25, 0.3) is 0 Å². The van der Waals surface area contributed by atoms with Crippen LogP contribution in [0.1, 0.15) is 16.1 Å². The number of nitrogens with one attached hydrogen (secondary N) is 1. The summed E-state index contributed by atoms with van der Waals surface area (Å²) in [5.74, 6) is 0. The van der Waals surface area contributed by atoms with Gasteiger partial charge in [0, 0.05) is 36.1 Å². The Kier molecular flexibility index (Phi) is 3.42. The Morgan fingerprint density at radius 1 is 1.40 bits per heavy atom. The van der Waals surface area contributed by atoms with Crippen LogP contribution in [0.25, 0.3) is 0 Å². The summed E-state index contributed by atoms with van der Waals surface area (Å²) in [6.45, 7) is 3.76. The molecule has 3 nitrogen and oxygen atoms in total. The fourth-order valence-electron chi connectivity index (χ4n) is 1.35. The maximum absolute atomic E-state index is 4.25. The largest absolute Gasteiger partial charge is 0.308 e. The van der Waals surface area contributed by atoms with Gasteiger partial charge in [-0.15, -0.1) is 11.3 Å². The Labute approximate surface area is 93.2 Å². The summed E-state index contributed by atoms with van der Waals surface area (Å²) in [5.41, 5.74) is 4.20. The topological polar surface area (TPSA) is 37.8 Å². The molecule has 0 atom stereocenters. The van der Waals surface area contributed by atoms with Gasteiger partial charge in [0.1, 0.15) is 0 Å². The summed E-state index contributed by atoms with van der Waals surface area (Å²) >= 11 is 1.67. The van der Waals surface area contributed by atoms with E-state index in [1.165, 1.54) is 10.4 Å². The van der Waals surface area contributed by atoms with Gasteiger partial charge in [-0.3, -0.25) is 9.97 Å². The second kappa shape index (κ2) is 5.00. The predicted octanol–water partition coefficient (Wildman–Crippen LogP) is 2.14. The van der Waals surface area contributed by atoms with Gasteiger partial charge >= 0.3 is 0 Å². The van der Waals surface area contributed by atoms with E-state index < -0.39 is 0 Å². The molecule has 2 aromatic heterocycles. The molecule has 0 unspecified atom stereocenters. The van der Waals surface area contributed by atoms with E-state index in [0.29, 0.717) is 0 Å². The summed E-state index contributed by atoms with van der Waals surface area (Å²) < 4.78 is 0. The third-order valence-electron chi connectivity index (χ3n) is 2.21. The zero-order chi connectivity index (χ0) is 10.5. The molecule has 0 spiro atoms. The van der Waals surface area contributed by atoms with E-state index in [0.717, 1.165) is 18.8 Å². The molecule has 78 valence electrons. The summed E-state index contributed by atoms with van der Waals surface area (Å²) in [7, 11) is 0. The normalized spacial score (nSPS) is 10.5. The molecule has 0 fully saturated rings. The third-order valence-corrected chi connectivity index (χ3v) is 2.99. The maximum Gasteiger partial charge on any atom is 0.0794 e. The van der Waals surface area contributed by atoms with Crippen molar-refractivity contribution < 1.29 is 0 Å². The van der Waals surface area contributed by atoms with E-state index in [4.69, 9.17) is 0 Å². The Balaban J connectivity index is 1.86. The molecule has 2 rings (SSSR count). The van der Waals surface area contributed by atoms with Crippen LogP contribution in [0.4, 0.5) is 0 Å². The number of thiazole rings is 1. The Hall–Kier alpha value is -1.26. The van der Waals surface area contributed by atoms with Crippen molar-refractivity contribution >= 4 is 11.3 Å². The molecule has 0 aliphatic heterocycles. The minimum atomic E-state index is 0.859. The highest BCUT2D eigenvalue weighted by atomic mass is 32.1. The minimum absolute atomic E-state index is 0.859. The highest BCUT2D eigenvalue weighted by molar-refractivity contribution is 7.09. The molecule has 0 radical (unpaired) electrons. The molecule has 2 heterocycles. The van der Waals surface area contributed by atoms with Gasteiger partial charge in [0.2, 0.25) is 0 Å². The maximum atomic E-state index is 4.25. The highest BCUT2D eigenvalue weighted by Crippen LogP contribution is 2.06. The number of rotatable bonds is 4. The van der Waals surface area contributed by atoms with Crippen molar-refractivity contribution in [1.82, 2.24) is 15.3 Å². The lowest BCUT2D eigenvalue weighted by Crippen LogP contribution is -2.12. The average Bonchev–Trinajstić information content (AvgIpc) is 2.74. The van der Waals surface area contributed by atoms with Crippen LogP contribution >= 0.6 is 11.3 Å². The molecule has 2 aromatic rings. The Bertz CT molecular complexity index is 412. The van der Waals surface area contributed by atoms with Crippen LogP contribution in [0.5, 0.6) is 0 Å². The molecule has 15 heavy (non-hydrogen) atoms. The van der Waals surface area contributed by atoms with Crippen LogP contribution in [0.3, 0.4) is 0 Å². The smallest absolute Gasteiger partial charge is 0.0794 e. The van der Waals surface area contributed by atoms with Crippen LogP contribution in [-0.4, -0.2) is 9.97 Å². The van der Waals surface area contributed by atoms with Gasteiger partial charge in [-0.25, -0.2) is 0 Å². The van der Waals surface area contributed by atoms with Gasteiger partial charge in [-0.1, -0.05) is 6.07 Å². The number of aromatic nitrogens is 2. The number of nitrogens with zero attached hydrogens (tertiary/aromatic N) is 2. The zero-order valence-corrected chi connectivity index (χ0v) is 9.42. The second-order valence-corrected chi connectivity index (χ2v) is 4.29. The standard InChI is InChI=1S/C11H13N3S/c1-9-10(3-2-4-14-9)5-12-6-11-7-13-8-15-11/h2-4,7-8,12H,5-6H2,1H3. The lowest BCUT2D eigenvalue weighted by atomic mass is 10.2. The second-order valence-electron chi connectivity index (χ2n) is 3.32. The first-order valence-corrected chi connectivity index (χ1v) is 5.73. The number of aryl methyl sites for hydroxylation is 1. The summed E-state index contributed by atoms with van der Waals surface area (Å²) in [5, 5.41) is 3.38. The van der Waals surface area contributed by atoms with E-state index in [9.17, 15) is 0 Å². The van der Waals surface area contributed by atoms with E-state index >= 15 is 0 Å². The Morgan fingerprint density at radius 3 is 3.07 bits per heavy atom. The lowest BCUT2D eigenvalue weighted by Gasteiger charge is -2.05. The first-order valence-electron chi connectivity index (χ1n) is 4.85. The van der Waals surface area contributed by atoms with Crippen molar-refractivity contribution in [1.29, 1.82) is 0 Å². The summed E-state index contributed by atoms with van der Waals surface area (Å²) in [6, 6.07) is 4.07. The third kappa shape index (κ3) is 2.84. The molecule has 0 aliphatic carbocycles. The van der Waals surface area contributed by atoms with E-state index in [2.05, 4.69) is 21.4 Å². The van der Waals surface area contributed by atoms with Crippen LogP contribution in [0.2, 0.25) is 0 Å². The first-order chi connectivity index (χ1) is 7.36. The zero-order valence-electron chi connectivity index (χ0n) is 8.60. The summed E-state index contributed by atoms with van der Waals surface area (Å²) in [6.07, 6.45) is 3.72. The molecule has 4 heteroatoms. The molecule has 0 saturated heterocycles. The van der Waals surface area contributed by atoms with Crippen molar-refractivity contribution in [3.63, 3.8) is 0 Å². The Morgan fingerprint density at radius 2 is 2.33 bits per heavy atom. The first kappa shape index (κ1) is 10.3. The SMILES string of the molecule is Cc1ncccc1CNCc1cncs1. The van der Waals surface area contributed by atoms with E-state index in [1.54, 1.807) is 11.3 Å². The van der Waals surface area contributed by atoms with Gasteiger partial charge in [-0.05, 0) is 18.6 Å². The minimum Gasteiger partial charge on any atom is -0.308 e. The van der Waals surface area contributed by atoms with Gasteiger partial charge < -0.3 is 5.32 Å². The van der Waals surface area contributed by atoms with E-state index in [-0.39, 0.29) is 0 Å². The van der Waals surface area contributed by atoms with Crippen LogP contribution in [0.15, 0.2) is 30.0 Å². The molecule has 0 aromatic carbocycles. The molecule has 0 bridgehead atoms. The van der Waals surface area contributed by atoms with E-state index in [1.807, 2.05) is 30.9 Å². The van der Waals surface area contributed by atoms with Gasteiger partial charge in [0.05, 0.1) is 5.51 Å². The van der Waals surface area contributed by atoms with Gasteiger partial charge in [0.15, 0.2) is 0 Å². The molecular formula is C11H13N3S. The molecular weight excluding hydrogens is 206 g/mol. The van der Waals surface area contributed by atoms with Crippen molar-refractivity contribution in [3.05, 3.63) is 46.2 Å². The number of hydrogen-bond acceptors (Lipinski definition) is 4. The van der Waals surface area contributed by atoms with Crippen LogP contribution < -0.4 is 5.32 Å². The lowest BCUT2D eigenvalue weighted by molar-refractivity contribution is 0.694. The number of pyridine rings is 1. The van der Waals surface area contributed by atoms with Crippen LogP contribution in [0, 0.1) is 6.92 Å². The van der Waals surface area contributed by atoms with Crippen molar-refractivity contribution in [2.75, 3.05) is 0 Å². The molecule has 0 saturated carbocycles.